The monoisotopic (exact) mass is 565 g/mol. The van der Waals surface area contributed by atoms with Gasteiger partial charge in [0, 0.05) is 72.2 Å². The maximum Gasteiger partial charge on any atom is 0.522 e. The first-order valence-corrected chi connectivity index (χ1v) is 11.5. The molecule has 0 aliphatic heterocycles. The molecule has 0 fully saturated rings. The zero-order chi connectivity index (χ0) is 29.2. The number of halogens is 6. The van der Waals surface area contributed by atoms with Gasteiger partial charge in [-0.05, 0) is 17.2 Å². The second-order valence-corrected chi connectivity index (χ2v) is 8.57. The molecule has 4 rings (SSSR count). The van der Waals surface area contributed by atoms with Gasteiger partial charge >= 0.3 is 12.7 Å². The third-order valence-corrected chi connectivity index (χ3v) is 5.90. The minimum atomic E-state index is -4.86. The molecule has 40 heavy (non-hydrogen) atoms. The number of ether oxygens (including phenoxy) is 1. The van der Waals surface area contributed by atoms with E-state index in [9.17, 15) is 35.9 Å². The molecule has 4 aromatic rings. The van der Waals surface area contributed by atoms with Crippen LogP contribution in [0.4, 0.5) is 26.3 Å². The Hall–Kier alpha value is -4.59. The van der Waals surface area contributed by atoms with Crippen LogP contribution in [-0.2, 0) is 18.3 Å². The Kier molecular flexibility index (Phi) is 7.73. The fourth-order valence-corrected chi connectivity index (χ4v) is 4.13. The van der Waals surface area contributed by atoms with Gasteiger partial charge in [-0.25, -0.2) is 0 Å². The van der Waals surface area contributed by atoms with Crippen molar-refractivity contribution in [2.75, 3.05) is 6.61 Å². The number of alkyl halides is 6. The van der Waals surface area contributed by atoms with Crippen LogP contribution in [0.2, 0.25) is 0 Å². The van der Waals surface area contributed by atoms with Crippen LogP contribution < -0.4 is 16.9 Å². The molecule has 0 saturated heterocycles. The van der Waals surface area contributed by atoms with Crippen LogP contribution in [0.25, 0.3) is 38.7 Å². The minimum Gasteiger partial charge on any atom is -0.404 e. The molecule has 3 heterocycles. The Morgan fingerprint density at radius 2 is 1.73 bits per heavy atom. The van der Waals surface area contributed by atoms with Crippen molar-refractivity contribution in [2.45, 2.75) is 19.2 Å². The number of nitrogens with zero attached hydrogens (tertiary/aromatic N) is 3. The highest BCUT2D eigenvalue weighted by Crippen LogP contribution is 2.35. The summed E-state index contributed by atoms with van der Waals surface area (Å²) in [6.07, 6.45) is -5.46. The summed E-state index contributed by atoms with van der Waals surface area (Å²) >= 11 is 0. The molecule has 0 amide bonds. The third kappa shape index (κ3) is 6.34. The Balaban J connectivity index is 1.93. The minimum absolute atomic E-state index is 0.0246. The lowest BCUT2D eigenvalue weighted by Crippen LogP contribution is -2.24. The first-order valence-electron chi connectivity index (χ1n) is 11.5. The smallest absolute Gasteiger partial charge is 0.404 e. The highest BCUT2D eigenvalue weighted by atomic mass is 19.4. The molecule has 0 aliphatic carbocycles. The van der Waals surface area contributed by atoms with Gasteiger partial charge in [0.2, 0.25) is 0 Å². The Labute approximate surface area is 221 Å². The predicted octanol–water partition coefficient (Wildman–Crippen LogP) is 4.79. The maximum atomic E-state index is 13.0. The van der Waals surface area contributed by atoms with E-state index in [-0.39, 0.29) is 22.2 Å². The van der Waals surface area contributed by atoms with E-state index in [1.54, 1.807) is 30.3 Å². The molecule has 8 nitrogen and oxygen atoms in total. The number of hydrogen-bond acceptors (Lipinski definition) is 5. The van der Waals surface area contributed by atoms with E-state index in [2.05, 4.69) is 14.7 Å². The molecular weight excluding hydrogens is 544 g/mol. The summed E-state index contributed by atoms with van der Waals surface area (Å²) in [5, 5.41) is 0.271. The molecule has 210 valence electrons. The summed E-state index contributed by atoms with van der Waals surface area (Å²) in [5.74, 6) is 0. The van der Waals surface area contributed by atoms with Gasteiger partial charge in [0.1, 0.15) is 5.52 Å². The van der Waals surface area contributed by atoms with Gasteiger partial charge in [0.05, 0.1) is 6.61 Å². The van der Waals surface area contributed by atoms with Gasteiger partial charge in [-0.2, -0.15) is 4.99 Å². The van der Waals surface area contributed by atoms with Gasteiger partial charge in [0.25, 0.3) is 11.1 Å². The second-order valence-electron chi connectivity index (χ2n) is 8.57. The van der Waals surface area contributed by atoms with Crippen molar-refractivity contribution in [3.63, 3.8) is 0 Å². The summed E-state index contributed by atoms with van der Waals surface area (Å²) in [4.78, 5) is 31.2. The van der Waals surface area contributed by atoms with Crippen LogP contribution >= 0.6 is 0 Å². The van der Waals surface area contributed by atoms with Crippen LogP contribution in [-0.4, -0.2) is 39.6 Å². The van der Waals surface area contributed by atoms with Crippen LogP contribution in [0.15, 0.2) is 75.6 Å². The number of aryl methyl sites for hydroxylation is 1. The van der Waals surface area contributed by atoms with E-state index in [1.807, 2.05) is 0 Å². The molecule has 0 bridgehead atoms. The maximum absolute atomic E-state index is 13.0. The molecular formula is C26H21F6N5O3. The number of rotatable bonds is 7. The Bertz CT molecular complexity index is 1710. The number of benzene rings is 1. The summed E-state index contributed by atoms with van der Waals surface area (Å²) in [6.45, 7) is -1.19. The average Bonchev–Trinajstić information content (AvgIpc) is 3.32. The highest BCUT2D eigenvalue weighted by molar-refractivity contribution is 6.11. The van der Waals surface area contributed by atoms with Crippen molar-refractivity contribution in [1.29, 1.82) is 0 Å². The highest BCUT2D eigenvalue weighted by Gasteiger charge is 2.29. The van der Waals surface area contributed by atoms with E-state index in [0.29, 0.717) is 28.5 Å². The zero-order valence-corrected chi connectivity index (χ0v) is 20.7. The largest absolute Gasteiger partial charge is 0.522 e. The summed E-state index contributed by atoms with van der Waals surface area (Å²) in [5.41, 5.74) is 6.07. The lowest BCUT2D eigenvalue weighted by Gasteiger charge is -2.16. The molecule has 1 aromatic carbocycles. The number of pyridine rings is 2. The number of allylic oxidation sites excluding steroid dienone is 1. The van der Waals surface area contributed by atoms with E-state index in [0.717, 1.165) is 10.8 Å². The van der Waals surface area contributed by atoms with Crippen LogP contribution in [0.3, 0.4) is 0 Å². The summed E-state index contributed by atoms with van der Waals surface area (Å²) < 4.78 is 81.5. The van der Waals surface area contributed by atoms with Crippen molar-refractivity contribution >= 4 is 22.7 Å². The van der Waals surface area contributed by atoms with Crippen molar-refractivity contribution < 1.29 is 31.1 Å². The van der Waals surface area contributed by atoms with E-state index >= 15 is 0 Å². The molecule has 0 unspecified atom stereocenters. The normalized spacial score (nSPS) is 13.0. The molecule has 0 atom stereocenters. The lowest BCUT2D eigenvalue weighted by atomic mass is 9.95. The van der Waals surface area contributed by atoms with E-state index < -0.39 is 36.9 Å². The number of aromatic nitrogens is 3. The molecule has 3 aromatic heterocycles. The van der Waals surface area contributed by atoms with Crippen molar-refractivity contribution in [3.05, 3.63) is 87.5 Å². The molecule has 0 saturated carbocycles. The number of aromatic amines is 1. The molecule has 14 heteroatoms. The number of hydrogen-bond donors (Lipinski definition) is 2. The topological polar surface area (TPSA) is 107 Å². The second kappa shape index (κ2) is 10.9. The fourth-order valence-electron chi connectivity index (χ4n) is 4.13. The molecule has 3 N–H and O–H groups in total. The molecule has 0 radical (unpaired) electrons. The number of H-pyrrole nitrogens is 1. The zero-order valence-electron chi connectivity index (χ0n) is 20.7. The lowest BCUT2D eigenvalue weighted by molar-refractivity contribution is -0.325. The summed E-state index contributed by atoms with van der Waals surface area (Å²) in [6, 6.07) is 11.3. The van der Waals surface area contributed by atoms with Gasteiger partial charge < -0.3 is 19.9 Å². The summed E-state index contributed by atoms with van der Waals surface area (Å²) in [7, 11) is 1.45. The Morgan fingerprint density at radius 3 is 2.35 bits per heavy atom. The number of nitrogens with one attached hydrogen (secondary N) is 1. The Morgan fingerprint density at radius 1 is 1.02 bits per heavy atom. The molecule has 0 aliphatic rings. The van der Waals surface area contributed by atoms with Crippen LogP contribution in [0, 0.1) is 0 Å². The SMILES string of the molecule is Cn1cc(-c2cc(=O)n(CCOC(F)(F)F)cc2-c2ccccc2)c2cc(C(=C/N)/C=N/C(F)(F)F)[nH]c2c1=O. The van der Waals surface area contributed by atoms with Gasteiger partial charge in [-0.1, -0.05) is 30.3 Å². The van der Waals surface area contributed by atoms with Gasteiger partial charge in [-0.15, -0.1) is 26.3 Å². The van der Waals surface area contributed by atoms with Crippen molar-refractivity contribution in [2.24, 2.45) is 17.8 Å². The predicted molar refractivity (Wildman–Crippen MR) is 137 cm³/mol. The third-order valence-electron chi connectivity index (χ3n) is 5.90. The van der Waals surface area contributed by atoms with E-state index in [4.69, 9.17) is 5.73 Å². The first kappa shape index (κ1) is 28.4. The van der Waals surface area contributed by atoms with Crippen molar-refractivity contribution in [1.82, 2.24) is 14.1 Å². The fraction of sp³-hybridized carbons (Fsp3) is 0.192. The van der Waals surface area contributed by atoms with Gasteiger partial charge in [-0.3, -0.25) is 14.3 Å². The first-order chi connectivity index (χ1) is 18.8. The number of fused-ring (bicyclic) bond motifs is 1. The number of nitrogens with two attached hydrogens (primary N) is 1. The van der Waals surface area contributed by atoms with Crippen molar-refractivity contribution in [3.8, 4) is 22.3 Å². The van der Waals surface area contributed by atoms with E-state index in [1.165, 1.54) is 36.1 Å². The van der Waals surface area contributed by atoms with Crippen LogP contribution in [0.1, 0.15) is 5.69 Å². The number of aliphatic imine (C=N–C) groups is 1. The quantitative estimate of drug-likeness (QED) is 0.191. The standard InChI is InChI=1S/C26H21F6N5O3/c1-36-13-20(18-9-21(35-23(18)24(36)39)16(11-33)12-34-25(27,28)29)17-10-22(38)37(7-8-40-26(30,31)32)14-19(17)15-5-3-2-4-6-15/h2-6,9-14,35H,7-8,33H2,1H3/b16-11+,34-12+. The molecule has 0 spiro atoms. The van der Waals surface area contributed by atoms with Crippen LogP contribution in [0.5, 0.6) is 0 Å². The average molecular weight is 565 g/mol. The van der Waals surface area contributed by atoms with Gasteiger partial charge in [0.15, 0.2) is 0 Å².